The molecule has 0 unspecified atom stereocenters. The largest absolute Gasteiger partial charge is 0.573 e. The van der Waals surface area contributed by atoms with Crippen molar-refractivity contribution in [1.82, 2.24) is 5.32 Å². The van der Waals surface area contributed by atoms with Gasteiger partial charge in [-0.3, -0.25) is 0 Å². The van der Waals surface area contributed by atoms with E-state index in [0.717, 1.165) is 48.4 Å². The third-order valence-electron chi connectivity index (χ3n) is 4.75. The predicted molar refractivity (Wildman–Crippen MR) is 99.4 cm³/mol. The van der Waals surface area contributed by atoms with Crippen LogP contribution in [0.3, 0.4) is 0 Å². The first-order valence-electron chi connectivity index (χ1n) is 8.52. The van der Waals surface area contributed by atoms with Gasteiger partial charge in [-0.2, -0.15) is 0 Å². The number of fused-ring (bicyclic) bond motifs is 1. The first kappa shape index (κ1) is 19.6. The summed E-state index contributed by atoms with van der Waals surface area (Å²) in [5.41, 5.74) is 2.39. The Bertz CT molecular complexity index is 828. The number of nitrogens with one attached hydrogen (secondary N) is 1. The molecule has 0 amide bonds. The lowest BCUT2D eigenvalue weighted by atomic mass is 9.83. The smallest absolute Gasteiger partial charge is 0.482 e. The van der Waals surface area contributed by atoms with Crippen LogP contribution in [-0.2, 0) is 0 Å². The summed E-state index contributed by atoms with van der Waals surface area (Å²) >= 11 is 0. The van der Waals surface area contributed by atoms with Crippen molar-refractivity contribution in [2.45, 2.75) is 24.8 Å². The third-order valence-corrected chi connectivity index (χ3v) is 4.75. The minimum atomic E-state index is -4.69. The Hall–Kier alpha value is -2.18. The molecule has 0 atom stereocenters. The maximum absolute atomic E-state index is 12.4. The molecule has 7 heteroatoms. The molecule has 1 fully saturated rings. The minimum absolute atomic E-state index is 0. The van der Waals surface area contributed by atoms with Crippen molar-refractivity contribution in [2.75, 3.05) is 13.1 Å². The number of halogens is 4. The molecule has 0 bridgehead atoms. The molecular formula is C20H19ClF3NO2. The van der Waals surface area contributed by atoms with E-state index in [9.17, 15) is 13.2 Å². The lowest BCUT2D eigenvalue weighted by Gasteiger charge is -2.40. The van der Waals surface area contributed by atoms with E-state index >= 15 is 0 Å². The number of hydrogen-bond donors (Lipinski definition) is 1. The van der Waals surface area contributed by atoms with Crippen molar-refractivity contribution >= 4 is 18.0 Å². The van der Waals surface area contributed by atoms with E-state index in [1.54, 1.807) is 12.1 Å². The fourth-order valence-electron chi connectivity index (χ4n) is 3.54. The highest BCUT2D eigenvalue weighted by molar-refractivity contribution is 5.85. The maximum atomic E-state index is 12.4. The topological polar surface area (TPSA) is 30.5 Å². The zero-order valence-corrected chi connectivity index (χ0v) is 15.2. The monoisotopic (exact) mass is 397 g/mol. The van der Waals surface area contributed by atoms with Crippen molar-refractivity contribution in [3.05, 3.63) is 65.7 Å². The van der Waals surface area contributed by atoms with Crippen LogP contribution >= 0.6 is 12.4 Å². The Labute approximate surface area is 161 Å². The molecule has 1 N–H and O–H groups in total. The summed E-state index contributed by atoms with van der Waals surface area (Å²) in [7, 11) is 0. The maximum Gasteiger partial charge on any atom is 0.573 e. The first-order valence-corrected chi connectivity index (χ1v) is 8.52. The second-order valence-electron chi connectivity index (χ2n) is 6.54. The highest BCUT2D eigenvalue weighted by atomic mass is 35.5. The second-order valence-corrected chi connectivity index (χ2v) is 6.54. The summed E-state index contributed by atoms with van der Waals surface area (Å²) < 4.78 is 47.4. The Kier molecular flexibility index (Phi) is 5.40. The SMILES string of the molecule is Cl.FC(F)(F)Oc1ccc(C2=CC3(CCNCC3)Oc3ccccc32)cc1. The molecular weight excluding hydrogens is 379 g/mol. The zero-order chi connectivity index (χ0) is 18.2. The molecule has 0 saturated carbocycles. The highest BCUT2D eigenvalue weighted by Crippen LogP contribution is 2.42. The van der Waals surface area contributed by atoms with E-state index in [1.165, 1.54) is 12.1 Å². The van der Waals surface area contributed by atoms with E-state index in [0.29, 0.717) is 0 Å². The van der Waals surface area contributed by atoms with Crippen LogP contribution in [0.4, 0.5) is 13.2 Å². The first-order chi connectivity index (χ1) is 12.4. The third kappa shape index (κ3) is 4.22. The van der Waals surface area contributed by atoms with Gasteiger partial charge in [-0.15, -0.1) is 25.6 Å². The van der Waals surface area contributed by atoms with Gasteiger partial charge in [0.2, 0.25) is 0 Å². The van der Waals surface area contributed by atoms with Crippen LogP contribution in [0.15, 0.2) is 54.6 Å². The predicted octanol–water partition coefficient (Wildman–Crippen LogP) is 4.95. The summed E-state index contributed by atoms with van der Waals surface area (Å²) in [6.07, 6.45) is -0.874. The fraction of sp³-hybridized carbons (Fsp3) is 0.300. The molecule has 144 valence electrons. The standard InChI is InChI=1S/C20H18F3NO2.ClH/c21-20(22,23)25-15-7-5-14(6-8-15)17-13-19(9-11-24-12-10-19)26-18-4-2-1-3-16(17)18;/h1-8,13,24H,9-12H2;1H. The van der Waals surface area contributed by atoms with Crippen molar-refractivity contribution in [3.63, 3.8) is 0 Å². The van der Waals surface area contributed by atoms with E-state index in [-0.39, 0.29) is 23.8 Å². The van der Waals surface area contributed by atoms with Gasteiger partial charge in [0.1, 0.15) is 17.1 Å². The van der Waals surface area contributed by atoms with Gasteiger partial charge in [-0.1, -0.05) is 30.3 Å². The van der Waals surface area contributed by atoms with Crippen LogP contribution in [0.5, 0.6) is 11.5 Å². The molecule has 27 heavy (non-hydrogen) atoms. The van der Waals surface area contributed by atoms with Crippen LogP contribution in [0.1, 0.15) is 24.0 Å². The lowest BCUT2D eigenvalue weighted by Crippen LogP contribution is -2.46. The Balaban J connectivity index is 0.00000210. The van der Waals surface area contributed by atoms with Gasteiger partial charge in [0.15, 0.2) is 0 Å². The van der Waals surface area contributed by atoms with Crippen LogP contribution in [-0.4, -0.2) is 25.1 Å². The normalized spacial score (nSPS) is 18.0. The minimum Gasteiger partial charge on any atom is -0.482 e. The number of para-hydroxylation sites is 1. The van der Waals surface area contributed by atoms with Crippen LogP contribution in [0, 0.1) is 0 Å². The van der Waals surface area contributed by atoms with E-state index in [1.807, 2.05) is 24.3 Å². The van der Waals surface area contributed by atoms with Gasteiger partial charge < -0.3 is 14.8 Å². The van der Waals surface area contributed by atoms with Crippen LogP contribution in [0.2, 0.25) is 0 Å². The average Bonchev–Trinajstić information content (AvgIpc) is 2.61. The average molecular weight is 398 g/mol. The van der Waals surface area contributed by atoms with Gasteiger partial charge in [-0.25, -0.2) is 0 Å². The fourth-order valence-corrected chi connectivity index (χ4v) is 3.54. The molecule has 1 saturated heterocycles. The number of hydrogen-bond acceptors (Lipinski definition) is 3. The van der Waals surface area contributed by atoms with Gasteiger partial charge in [0, 0.05) is 18.4 Å². The van der Waals surface area contributed by atoms with Gasteiger partial charge in [0.25, 0.3) is 0 Å². The number of piperidine rings is 1. The quantitative estimate of drug-likeness (QED) is 0.777. The van der Waals surface area contributed by atoms with Crippen LogP contribution in [0.25, 0.3) is 5.57 Å². The summed E-state index contributed by atoms with van der Waals surface area (Å²) in [6.45, 7) is 1.73. The van der Waals surface area contributed by atoms with Crippen molar-refractivity contribution < 1.29 is 22.6 Å². The summed E-state index contributed by atoms with van der Waals surface area (Å²) in [4.78, 5) is 0. The summed E-state index contributed by atoms with van der Waals surface area (Å²) in [5, 5.41) is 3.33. The molecule has 1 spiro atoms. The number of benzene rings is 2. The number of rotatable bonds is 2. The summed E-state index contributed by atoms with van der Waals surface area (Å²) in [5.74, 6) is 0.585. The Morgan fingerprint density at radius 1 is 0.963 bits per heavy atom. The van der Waals surface area contributed by atoms with Gasteiger partial charge in [-0.05, 0) is 48.5 Å². The van der Waals surface area contributed by atoms with Gasteiger partial charge in [0.05, 0.1) is 0 Å². The van der Waals surface area contributed by atoms with Crippen molar-refractivity contribution in [3.8, 4) is 11.5 Å². The zero-order valence-electron chi connectivity index (χ0n) is 14.4. The molecule has 3 nitrogen and oxygen atoms in total. The molecule has 0 aliphatic carbocycles. The Morgan fingerprint density at radius 3 is 2.30 bits per heavy atom. The number of alkyl halides is 3. The molecule has 0 aromatic heterocycles. The molecule has 4 rings (SSSR count). The molecule has 2 aromatic carbocycles. The van der Waals surface area contributed by atoms with Crippen LogP contribution < -0.4 is 14.8 Å². The van der Waals surface area contributed by atoms with E-state index in [4.69, 9.17) is 4.74 Å². The highest BCUT2D eigenvalue weighted by Gasteiger charge is 2.37. The molecule has 2 aromatic rings. The van der Waals surface area contributed by atoms with E-state index < -0.39 is 6.36 Å². The Morgan fingerprint density at radius 2 is 1.63 bits per heavy atom. The molecule has 0 radical (unpaired) electrons. The van der Waals surface area contributed by atoms with E-state index in [2.05, 4.69) is 16.1 Å². The summed E-state index contributed by atoms with van der Waals surface area (Å²) in [6, 6.07) is 13.8. The van der Waals surface area contributed by atoms with Crippen molar-refractivity contribution in [2.24, 2.45) is 0 Å². The molecule has 2 heterocycles. The lowest BCUT2D eigenvalue weighted by molar-refractivity contribution is -0.274. The number of ether oxygens (including phenoxy) is 2. The van der Waals surface area contributed by atoms with Crippen molar-refractivity contribution in [1.29, 1.82) is 0 Å². The second kappa shape index (κ2) is 7.44. The molecule has 2 aliphatic heterocycles. The van der Waals surface area contributed by atoms with Gasteiger partial charge >= 0.3 is 6.36 Å². The molecule has 2 aliphatic rings.